The zero-order chi connectivity index (χ0) is 17.3. The molecule has 2 aromatic rings. The maximum atomic E-state index is 14.4. The van der Waals surface area contributed by atoms with Gasteiger partial charge in [0.1, 0.15) is 16.9 Å². The van der Waals surface area contributed by atoms with E-state index in [1.54, 1.807) is 11.0 Å². The molecule has 4 rings (SSSR count). The molecule has 1 aliphatic heterocycles. The Hall–Kier alpha value is -2.11. The van der Waals surface area contributed by atoms with Gasteiger partial charge in [-0.25, -0.2) is 9.37 Å². The van der Waals surface area contributed by atoms with Crippen LogP contribution in [0.5, 0.6) is 5.75 Å². The van der Waals surface area contributed by atoms with Crippen molar-refractivity contribution in [1.29, 1.82) is 0 Å². The Morgan fingerprint density at radius 3 is 2.62 bits per heavy atom. The summed E-state index contributed by atoms with van der Waals surface area (Å²) in [7, 11) is 1.52. The first-order chi connectivity index (χ1) is 11.3. The molecule has 2 aliphatic rings. The number of hydrogen-bond acceptors (Lipinski definition) is 3. The van der Waals surface area contributed by atoms with Crippen molar-refractivity contribution in [3.63, 3.8) is 0 Å². The molecule has 128 valence electrons. The van der Waals surface area contributed by atoms with Gasteiger partial charge in [-0.1, -0.05) is 20.8 Å². The van der Waals surface area contributed by atoms with Gasteiger partial charge in [-0.15, -0.1) is 0 Å². The highest BCUT2D eigenvalue weighted by Gasteiger charge is 2.58. The van der Waals surface area contributed by atoms with Crippen LogP contribution in [-0.2, 0) is 10.5 Å². The average molecular weight is 331 g/mol. The van der Waals surface area contributed by atoms with Crippen molar-refractivity contribution in [3.05, 3.63) is 17.9 Å². The van der Waals surface area contributed by atoms with Gasteiger partial charge in [0, 0.05) is 18.6 Å². The molecule has 0 atom stereocenters. The molecule has 1 aromatic heterocycles. The maximum absolute atomic E-state index is 14.4. The summed E-state index contributed by atoms with van der Waals surface area (Å²) in [4.78, 5) is 19.1. The van der Waals surface area contributed by atoms with Crippen molar-refractivity contribution in [3.8, 4) is 5.75 Å². The monoisotopic (exact) mass is 331 g/mol. The second kappa shape index (κ2) is 4.71. The summed E-state index contributed by atoms with van der Waals surface area (Å²) in [5.41, 5.74) is 0.568. The fourth-order valence-corrected chi connectivity index (χ4v) is 3.84. The lowest BCUT2D eigenvalue weighted by molar-refractivity contribution is -0.125. The summed E-state index contributed by atoms with van der Waals surface area (Å²) in [6.07, 6.45) is 3.29. The smallest absolute Gasteiger partial charge is 0.231 e. The first-order valence-electron chi connectivity index (χ1n) is 8.36. The molecule has 0 N–H and O–H groups in total. The maximum Gasteiger partial charge on any atom is 0.231 e. The number of amides is 1. The van der Waals surface area contributed by atoms with E-state index in [0.29, 0.717) is 29.2 Å². The lowest BCUT2D eigenvalue weighted by Crippen LogP contribution is -2.66. The normalized spacial score (nSPS) is 18.3. The van der Waals surface area contributed by atoms with Crippen molar-refractivity contribution >= 4 is 22.9 Å². The van der Waals surface area contributed by atoms with Gasteiger partial charge in [0.25, 0.3) is 0 Å². The van der Waals surface area contributed by atoms with E-state index < -0.39 is 5.82 Å². The van der Waals surface area contributed by atoms with Gasteiger partial charge in [0.15, 0.2) is 5.82 Å². The Morgan fingerprint density at radius 1 is 1.38 bits per heavy atom. The summed E-state index contributed by atoms with van der Waals surface area (Å²) in [5, 5.41) is 0. The van der Waals surface area contributed by atoms with Crippen LogP contribution in [0.25, 0.3) is 11.0 Å². The van der Waals surface area contributed by atoms with Crippen LogP contribution < -0.4 is 9.64 Å². The van der Waals surface area contributed by atoms with Gasteiger partial charge < -0.3 is 4.74 Å². The number of anilines is 1. The highest BCUT2D eigenvalue weighted by atomic mass is 19.1. The molecule has 1 aromatic carbocycles. The van der Waals surface area contributed by atoms with E-state index in [4.69, 9.17) is 4.74 Å². The molecule has 1 spiro atoms. The van der Waals surface area contributed by atoms with Gasteiger partial charge in [-0.05, 0) is 24.7 Å². The number of ether oxygens (including phenoxy) is 1. The zero-order valence-electron chi connectivity index (χ0n) is 14.5. The second-order valence-electron chi connectivity index (χ2n) is 8.03. The molecule has 0 radical (unpaired) electrons. The largest absolute Gasteiger partial charge is 0.497 e. The van der Waals surface area contributed by atoms with Gasteiger partial charge in [-0.2, -0.15) is 0 Å². The van der Waals surface area contributed by atoms with E-state index in [1.807, 2.05) is 25.3 Å². The minimum absolute atomic E-state index is 0.0670. The van der Waals surface area contributed by atoms with E-state index in [-0.39, 0.29) is 17.0 Å². The molecule has 6 heteroatoms. The highest BCUT2D eigenvalue weighted by molar-refractivity contribution is 5.99. The van der Waals surface area contributed by atoms with E-state index >= 15 is 0 Å². The summed E-state index contributed by atoms with van der Waals surface area (Å²) in [6.45, 7) is 6.14. The summed E-state index contributed by atoms with van der Waals surface area (Å²) >= 11 is 0. The lowest BCUT2D eigenvalue weighted by Gasteiger charge is -2.58. The number of carbonyl (C=O) groups is 1. The Balaban J connectivity index is 1.84. The fourth-order valence-electron chi connectivity index (χ4n) is 3.84. The quantitative estimate of drug-likeness (QED) is 0.841. The molecule has 0 unspecified atom stereocenters. The molecule has 2 heterocycles. The van der Waals surface area contributed by atoms with Crippen LogP contribution in [0.15, 0.2) is 12.1 Å². The van der Waals surface area contributed by atoms with Gasteiger partial charge in [0.05, 0.1) is 12.6 Å². The van der Waals surface area contributed by atoms with E-state index in [9.17, 15) is 9.18 Å². The SMILES string of the molecule is COc1cc(F)c2nc3n(c2c1)C1(CCC1)N3C(=O)CC(C)(C)C. The van der Waals surface area contributed by atoms with Crippen molar-refractivity contribution in [2.75, 3.05) is 12.0 Å². The van der Waals surface area contributed by atoms with Gasteiger partial charge in [-0.3, -0.25) is 14.3 Å². The number of nitrogens with zero attached hydrogens (tertiary/aromatic N) is 3. The minimum atomic E-state index is -0.413. The fraction of sp³-hybridized carbons (Fsp3) is 0.556. The van der Waals surface area contributed by atoms with Crippen LogP contribution in [0.2, 0.25) is 0 Å². The molecular formula is C18H22FN3O2. The van der Waals surface area contributed by atoms with E-state index in [0.717, 1.165) is 19.3 Å². The predicted octanol–water partition coefficient (Wildman–Crippen LogP) is 3.80. The number of carbonyl (C=O) groups excluding carboxylic acids is 1. The number of methoxy groups -OCH3 is 1. The molecule has 1 fully saturated rings. The van der Waals surface area contributed by atoms with Gasteiger partial charge >= 0.3 is 0 Å². The van der Waals surface area contributed by atoms with Crippen LogP contribution in [0.3, 0.4) is 0 Å². The third-order valence-corrected chi connectivity index (χ3v) is 5.02. The van der Waals surface area contributed by atoms with Crippen molar-refractivity contribution in [1.82, 2.24) is 9.55 Å². The number of imidazole rings is 1. The molecule has 0 saturated heterocycles. The van der Waals surface area contributed by atoms with Crippen LogP contribution in [0, 0.1) is 11.2 Å². The number of aromatic nitrogens is 2. The van der Waals surface area contributed by atoms with Gasteiger partial charge in [0.2, 0.25) is 11.9 Å². The Kier molecular flexibility index (Phi) is 3.03. The number of halogens is 1. The Labute approximate surface area is 140 Å². The van der Waals surface area contributed by atoms with Crippen LogP contribution in [0.4, 0.5) is 10.3 Å². The van der Waals surface area contributed by atoms with Crippen LogP contribution >= 0.6 is 0 Å². The molecule has 1 saturated carbocycles. The minimum Gasteiger partial charge on any atom is -0.497 e. The van der Waals surface area contributed by atoms with Crippen LogP contribution in [0.1, 0.15) is 46.5 Å². The topological polar surface area (TPSA) is 47.4 Å². The third kappa shape index (κ3) is 1.91. The average Bonchev–Trinajstić information content (AvgIpc) is 2.70. The summed E-state index contributed by atoms with van der Waals surface area (Å²) in [5.74, 6) is 0.684. The summed E-state index contributed by atoms with van der Waals surface area (Å²) in [6, 6.07) is 3.14. The highest BCUT2D eigenvalue weighted by Crippen LogP contribution is 2.55. The Bertz CT molecular complexity index is 846. The zero-order valence-corrected chi connectivity index (χ0v) is 14.5. The second-order valence-corrected chi connectivity index (χ2v) is 8.03. The summed E-state index contributed by atoms with van der Waals surface area (Å²) < 4.78 is 21.6. The number of benzene rings is 1. The molecule has 1 aliphatic carbocycles. The number of fused-ring (bicyclic) bond motifs is 4. The third-order valence-electron chi connectivity index (χ3n) is 5.02. The standard InChI is InChI=1S/C18H22FN3O2/c1-17(2,3)10-14(23)22-16-20-15-12(19)8-11(24-4)9-13(15)21(16)18(22)6-5-7-18/h8-9H,5-7,10H2,1-4H3. The van der Waals surface area contributed by atoms with E-state index in [1.165, 1.54) is 13.2 Å². The molecule has 5 nitrogen and oxygen atoms in total. The number of rotatable bonds is 2. The van der Waals surface area contributed by atoms with E-state index in [2.05, 4.69) is 4.98 Å². The van der Waals surface area contributed by atoms with Crippen LogP contribution in [-0.4, -0.2) is 22.6 Å². The first kappa shape index (κ1) is 15.4. The van der Waals surface area contributed by atoms with Crippen molar-refractivity contribution < 1.29 is 13.9 Å². The molecule has 0 bridgehead atoms. The molecule has 24 heavy (non-hydrogen) atoms. The first-order valence-corrected chi connectivity index (χ1v) is 8.36. The molecular weight excluding hydrogens is 309 g/mol. The Morgan fingerprint density at radius 2 is 2.08 bits per heavy atom. The van der Waals surface area contributed by atoms with Crippen molar-refractivity contribution in [2.45, 2.75) is 52.1 Å². The molecule has 1 amide bonds. The number of hydrogen-bond donors (Lipinski definition) is 0. The lowest BCUT2D eigenvalue weighted by atomic mass is 9.79. The predicted molar refractivity (Wildman–Crippen MR) is 89.6 cm³/mol. The van der Waals surface area contributed by atoms with Crippen molar-refractivity contribution in [2.24, 2.45) is 5.41 Å².